The van der Waals surface area contributed by atoms with Crippen molar-refractivity contribution in [2.75, 3.05) is 12.4 Å². The molecule has 0 fully saturated rings. The largest absolute Gasteiger partial charge is 0.467 e. The maximum Gasteiger partial charge on any atom is 0.327 e. The molecule has 1 aromatic rings. The number of halogens is 1. The van der Waals surface area contributed by atoms with Gasteiger partial charge in [-0.15, -0.1) is 0 Å². The summed E-state index contributed by atoms with van der Waals surface area (Å²) in [4.78, 5) is 11.1. The predicted molar refractivity (Wildman–Crippen MR) is 56.6 cm³/mol. The third-order valence-corrected chi connectivity index (χ3v) is 2.13. The van der Waals surface area contributed by atoms with E-state index in [9.17, 15) is 4.79 Å². The minimum absolute atomic E-state index is 0.315. The number of nitrogens with one attached hydrogen (secondary N) is 1. The van der Waals surface area contributed by atoms with E-state index in [1.165, 1.54) is 7.11 Å². The van der Waals surface area contributed by atoms with Crippen molar-refractivity contribution >= 4 is 23.3 Å². The van der Waals surface area contributed by atoms with Gasteiger partial charge >= 0.3 is 5.97 Å². The molecule has 0 amide bonds. The van der Waals surface area contributed by atoms with E-state index in [0.717, 1.165) is 5.69 Å². The molecule has 0 aromatic heterocycles. The number of hydrogen-bond acceptors (Lipinski definition) is 3. The van der Waals surface area contributed by atoms with E-state index in [2.05, 4.69) is 10.1 Å². The maximum absolute atomic E-state index is 11.1. The molecule has 0 bridgehead atoms. The molecule has 1 N–H and O–H groups in total. The van der Waals surface area contributed by atoms with Crippen LogP contribution >= 0.6 is 11.6 Å². The molecule has 1 aromatic carbocycles. The van der Waals surface area contributed by atoms with E-state index in [0.29, 0.717) is 5.02 Å². The number of ether oxygens (including phenoxy) is 1. The van der Waals surface area contributed by atoms with E-state index in [-0.39, 0.29) is 5.97 Å². The zero-order valence-corrected chi connectivity index (χ0v) is 8.84. The van der Waals surface area contributed by atoms with Gasteiger partial charge in [0.2, 0.25) is 0 Å². The molecule has 4 heteroatoms. The number of carbonyl (C=O) groups excluding carboxylic acids is 1. The van der Waals surface area contributed by atoms with Crippen molar-refractivity contribution in [2.45, 2.75) is 13.0 Å². The molecular formula is C10H12ClNO2. The molecule has 0 aliphatic rings. The zero-order chi connectivity index (χ0) is 10.6. The Hall–Kier alpha value is -1.22. The lowest BCUT2D eigenvalue weighted by molar-refractivity contribution is -0.141. The van der Waals surface area contributed by atoms with Crippen LogP contribution in [0.1, 0.15) is 6.92 Å². The van der Waals surface area contributed by atoms with Crippen LogP contribution in [0, 0.1) is 0 Å². The number of esters is 1. The first-order valence-corrected chi connectivity index (χ1v) is 4.62. The van der Waals surface area contributed by atoms with Gasteiger partial charge < -0.3 is 10.1 Å². The summed E-state index contributed by atoms with van der Waals surface area (Å²) in [7, 11) is 1.35. The molecule has 1 unspecified atom stereocenters. The molecule has 0 heterocycles. The Morgan fingerprint density at radius 2 is 2.14 bits per heavy atom. The van der Waals surface area contributed by atoms with Crippen LogP contribution in [0.3, 0.4) is 0 Å². The first-order valence-electron chi connectivity index (χ1n) is 4.24. The Bertz CT molecular complexity index is 328. The van der Waals surface area contributed by atoms with Gasteiger partial charge in [0.05, 0.1) is 17.8 Å². The lowest BCUT2D eigenvalue weighted by atomic mass is 10.2. The average molecular weight is 214 g/mol. The van der Waals surface area contributed by atoms with Crippen LogP contribution in [0.15, 0.2) is 24.3 Å². The second-order valence-electron chi connectivity index (χ2n) is 2.87. The first kappa shape index (κ1) is 10.9. The third-order valence-electron chi connectivity index (χ3n) is 1.80. The van der Waals surface area contributed by atoms with Crippen LogP contribution in [-0.4, -0.2) is 19.1 Å². The highest BCUT2D eigenvalue weighted by molar-refractivity contribution is 6.33. The lowest BCUT2D eigenvalue weighted by Gasteiger charge is -2.13. The molecule has 76 valence electrons. The van der Waals surface area contributed by atoms with E-state index in [1.807, 2.05) is 18.2 Å². The first-order chi connectivity index (χ1) is 6.65. The summed E-state index contributed by atoms with van der Waals surface area (Å²) >= 11 is 5.90. The van der Waals surface area contributed by atoms with Crippen LogP contribution in [-0.2, 0) is 9.53 Å². The number of methoxy groups -OCH3 is 1. The summed E-state index contributed by atoms with van der Waals surface area (Å²) in [5, 5.41) is 3.54. The molecule has 3 nitrogen and oxygen atoms in total. The Balaban J connectivity index is 2.69. The number of para-hydroxylation sites is 1. The highest BCUT2D eigenvalue weighted by Crippen LogP contribution is 2.21. The maximum atomic E-state index is 11.1. The Morgan fingerprint density at radius 1 is 1.50 bits per heavy atom. The molecule has 0 radical (unpaired) electrons. The second-order valence-corrected chi connectivity index (χ2v) is 3.28. The van der Waals surface area contributed by atoms with E-state index < -0.39 is 6.04 Å². The van der Waals surface area contributed by atoms with Gasteiger partial charge in [0.1, 0.15) is 6.04 Å². The number of rotatable bonds is 3. The monoisotopic (exact) mass is 213 g/mol. The number of hydrogen-bond donors (Lipinski definition) is 1. The van der Waals surface area contributed by atoms with Crippen LogP contribution in [0.25, 0.3) is 0 Å². The number of benzene rings is 1. The van der Waals surface area contributed by atoms with Crippen molar-refractivity contribution < 1.29 is 9.53 Å². The predicted octanol–water partition coefficient (Wildman–Crippen LogP) is 2.31. The van der Waals surface area contributed by atoms with Crippen LogP contribution in [0.5, 0.6) is 0 Å². The van der Waals surface area contributed by atoms with Crippen molar-refractivity contribution in [3.63, 3.8) is 0 Å². The van der Waals surface area contributed by atoms with Crippen molar-refractivity contribution in [1.29, 1.82) is 0 Å². The molecule has 0 aliphatic heterocycles. The van der Waals surface area contributed by atoms with E-state index in [1.54, 1.807) is 13.0 Å². The average Bonchev–Trinajstić information content (AvgIpc) is 2.20. The lowest BCUT2D eigenvalue weighted by Crippen LogP contribution is -2.27. The smallest absolute Gasteiger partial charge is 0.327 e. The van der Waals surface area contributed by atoms with Gasteiger partial charge in [0, 0.05) is 0 Å². The minimum Gasteiger partial charge on any atom is -0.467 e. The Morgan fingerprint density at radius 3 is 2.71 bits per heavy atom. The van der Waals surface area contributed by atoms with Gasteiger partial charge in [0.15, 0.2) is 0 Å². The molecule has 0 saturated carbocycles. The summed E-state index contributed by atoms with van der Waals surface area (Å²) in [6.45, 7) is 1.72. The minimum atomic E-state index is -0.403. The summed E-state index contributed by atoms with van der Waals surface area (Å²) in [6.07, 6.45) is 0. The number of anilines is 1. The summed E-state index contributed by atoms with van der Waals surface area (Å²) < 4.78 is 4.58. The van der Waals surface area contributed by atoms with Crippen LogP contribution < -0.4 is 5.32 Å². The standard InChI is InChI=1S/C10H12ClNO2/c1-7(10(13)14-2)12-9-6-4-3-5-8(9)11/h3-7,12H,1-2H3. The third kappa shape index (κ3) is 2.64. The molecule has 0 spiro atoms. The topological polar surface area (TPSA) is 38.3 Å². The van der Waals surface area contributed by atoms with E-state index in [4.69, 9.17) is 11.6 Å². The van der Waals surface area contributed by atoms with Gasteiger partial charge in [-0.1, -0.05) is 23.7 Å². The fraction of sp³-hybridized carbons (Fsp3) is 0.300. The highest BCUT2D eigenvalue weighted by atomic mass is 35.5. The molecule has 0 saturated heterocycles. The summed E-state index contributed by atoms with van der Waals surface area (Å²) in [6, 6.07) is 6.84. The second kappa shape index (κ2) is 4.86. The Kier molecular flexibility index (Phi) is 3.77. The van der Waals surface area contributed by atoms with Gasteiger partial charge in [-0.25, -0.2) is 4.79 Å². The normalized spacial score (nSPS) is 11.9. The van der Waals surface area contributed by atoms with Crippen molar-refractivity contribution in [1.82, 2.24) is 0 Å². The van der Waals surface area contributed by atoms with Crippen molar-refractivity contribution in [3.05, 3.63) is 29.3 Å². The van der Waals surface area contributed by atoms with Crippen LogP contribution in [0.4, 0.5) is 5.69 Å². The van der Waals surface area contributed by atoms with Gasteiger partial charge in [-0.05, 0) is 19.1 Å². The molecule has 0 aliphatic carbocycles. The SMILES string of the molecule is COC(=O)C(C)Nc1ccccc1Cl. The Labute approximate surface area is 88.0 Å². The van der Waals surface area contributed by atoms with E-state index >= 15 is 0 Å². The zero-order valence-electron chi connectivity index (χ0n) is 8.08. The summed E-state index contributed by atoms with van der Waals surface area (Å²) in [5.41, 5.74) is 0.729. The number of carbonyl (C=O) groups is 1. The van der Waals surface area contributed by atoms with Gasteiger partial charge in [0.25, 0.3) is 0 Å². The molecular weight excluding hydrogens is 202 g/mol. The van der Waals surface area contributed by atoms with Gasteiger partial charge in [-0.3, -0.25) is 0 Å². The fourth-order valence-electron chi connectivity index (χ4n) is 1.05. The molecule has 1 rings (SSSR count). The fourth-order valence-corrected chi connectivity index (χ4v) is 1.24. The van der Waals surface area contributed by atoms with Crippen LogP contribution in [0.2, 0.25) is 5.02 Å². The molecule has 14 heavy (non-hydrogen) atoms. The van der Waals surface area contributed by atoms with Gasteiger partial charge in [-0.2, -0.15) is 0 Å². The summed E-state index contributed by atoms with van der Waals surface area (Å²) in [5.74, 6) is -0.315. The van der Waals surface area contributed by atoms with Crippen molar-refractivity contribution in [2.24, 2.45) is 0 Å². The molecule has 1 atom stereocenters. The van der Waals surface area contributed by atoms with Crippen molar-refractivity contribution in [3.8, 4) is 0 Å². The highest BCUT2D eigenvalue weighted by Gasteiger charge is 2.13. The quantitative estimate of drug-likeness (QED) is 0.784.